The number of aromatic nitrogens is 2. The van der Waals surface area contributed by atoms with Crippen molar-refractivity contribution in [3.63, 3.8) is 0 Å². The lowest BCUT2D eigenvalue weighted by Crippen LogP contribution is -2.00. The normalized spacial score (nSPS) is 10.7. The van der Waals surface area contributed by atoms with Crippen molar-refractivity contribution >= 4 is 45.8 Å². The van der Waals surface area contributed by atoms with E-state index in [9.17, 15) is 0 Å². The Kier molecular flexibility index (Phi) is 4.81. The highest BCUT2D eigenvalue weighted by Gasteiger charge is 2.11. The van der Waals surface area contributed by atoms with Gasteiger partial charge in [-0.15, -0.1) is 0 Å². The molecule has 0 atom stereocenters. The summed E-state index contributed by atoms with van der Waals surface area (Å²) in [5, 5.41) is 1.21. The van der Waals surface area contributed by atoms with Crippen LogP contribution in [0.4, 0.5) is 0 Å². The van der Waals surface area contributed by atoms with E-state index in [0.29, 0.717) is 16.0 Å². The Labute approximate surface area is 130 Å². The summed E-state index contributed by atoms with van der Waals surface area (Å²) in [7, 11) is 0. The van der Waals surface area contributed by atoms with Crippen molar-refractivity contribution in [2.45, 2.75) is 19.8 Å². The van der Waals surface area contributed by atoms with Crippen molar-refractivity contribution in [1.29, 1.82) is 0 Å². The first kappa shape index (κ1) is 14.0. The Hall–Kier alpha value is -0.390. The minimum Gasteiger partial charge on any atom is -0.232 e. The maximum Gasteiger partial charge on any atom is 0.161 e. The average molecular weight is 393 g/mol. The molecule has 0 aliphatic heterocycles. The van der Waals surface area contributed by atoms with Crippen LogP contribution in [0, 0.1) is 3.57 Å². The predicted octanol–water partition coefficient (Wildman–Crippen LogP) is 5.01. The van der Waals surface area contributed by atoms with Gasteiger partial charge >= 0.3 is 0 Å². The lowest BCUT2D eigenvalue weighted by molar-refractivity contribution is 0.867. The van der Waals surface area contributed by atoms with Gasteiger partial charge in [0.15, 0.2) is 5.82 Å². The first-order valence-electron chi connectivity index (χ1n) is 5.59. The van der Waals surface area contributed by atoms with Crippen molar-refractivity contribution in [1.82, 2.24) is 9.97 Å². The van der Waals surface area contributed by atoms with Gasteiger partial charge < -0.3 is 0 Å². The van der Waals surface area contributed by atoms with Crippen LogP contribution < -0.4 is 0 Å². The van der Waals surface area contributed by atoms with Crippen LogP contribution in [0.2, 0.25) is 10.2 Å². The van der Waals surface area contributed by atoms with Gasteiger partial charge in [-0.25, -0.2) is 9.97 Å². The number of nitrogens with zero attached hydrogens (tertiary/aromatic N) is 2. The molecule has 0 radical (unpaired) electrons. The summed E-state index contributed by atoms with van der Waals surface area (Å²) >= 11 is 14.2. The third-order valence-electron chi connectivity index (χ3n) is 2.47. The van der Waals surface area contributed by atoms with Crippen molar-refractivity contribution in [2.75, 3.05) is 0 Å². The van der Waals surface area contributed by atoms with E-state index in [4.69, 9.17) is 23.2 Å². The van der Waals surface area contributed by atoms with Gasteiger partial charge in [-0.05, 0) is 53.3 Å². The van der Waals surface area contributed by atoms with Crippen LogP contribution in [0.15, 0.2) is 24.3 Å². The van der Waals surface area contributed by atoms with Crippen LogP contribution in [-0.4, -0.2) is 9.97 Å². The molecule has 0 spiro atoms. The molecule has 94 valence electrons. The molecule has 0 N–H and O–H groups in total. The van der Waals surface area contributed by atoms with Crippen molar-refractivity contribution in [3.05, 3.63) is 43.7 Å². The Morgan fingerprint density at radius 1 is 1.11 bits per heavy atom. The number of halogens is 3. The quantitative estimate of drug-likeness (QED) is 0.542. The summed E-state index contributed by atoms with van der Waals surface area (Å²) in [5.74, 6) is 0.653. The Balaban J connectivity index is 2.48. The molecule has 0 bridgehead atoms. The fourth-order valence-corrected chi connectivity index (χ4v) is 2.42. The minimum atomic E-state index is 0.513. The molecule has 0 aliphatic carbocycles. The lowest BCUT2D eigenvalue weighted by Gasteiger charge is -2.07. The van der Waals surface area contributed by atoms with Gasteiger partial charge in [0, 0.05) is 10.6 Å². The summed E-state index contributed by atoms with van der Waals surface area (Å²) in [6.07, 6.45) is 1.94. The highest BCUT2D eigenvalue weighted by molar-refractivity contribution is 14.1. The number of rotatable bonds is 3. The van der Waals surface area contributed by atoms with Gasteiger partial charge in [0.2, 0.25) is 0 Å². The second-order valence-corrected chi connectivity index (χ2v) is 5.73. The van der Waals surface area contributed by atoms with E-state index in [0.717, 1.165) is 27.7 Å². The third-order valence-corrected chi connectivity index (χ3v) is 4.45. The summed E-state index contributed by atoms with van der Waals surface area (Å²) in [5.41, 5.74) is 1.93. The van der Waals surface area contributed by atoms with E-state index in [1.165, 1.54) is 0 Å². The average Bonchev–Trinajstić information content (AvgIpc) is 2.36. The minimum absolute atomic E-state index is 0.513. The topological polar surface area (TPSA) is 25.8 Å². The number of benzene rings is 1. The maximum absolute atomic E-state index is 6.15. The zero-order valence-electron chi connectivity index (χ0n) is 9.75. The highest BCUT2D eigenvalue weighted by atomic mass is 127. The van der Waals surface area contributed by atoms with Crippen LogP contribution in [0.3, 0.4) is 0 Å². The van der Waals surface area contributed by atoms with E-state index in [1.807, 2.05) is 24.3 Å². The Morgan fingerprint density at radius 3 is 2.39 bits per heavy atom. The second-order valence-electron chi connectivity index (χ2n) is 3.86. The van der Waals surface area contributed by atoms with Gasteiger partial charge in [-0.3, -0.25) is 0 Å². The fraction of sp³-hybridized carbons (Fsp3) is 0.231. The number of hydrogen-bond acceptors (Lipinski definition) is 2. The summed E-state index contributed by atoms with van der Waals surface area (Å²) in [6.45, 7) is 2.12. The molecule has 0 amide bonds. The van der Waals surface area contributed by atoms with Crippen molar-refractivity contribution in [2.24, 2.45) is 0 Å². The maximum atomic E-state index is 6.15. The zero-order chi connectivity index (χ0) is 13.1. The molecule has 5 heteroatoms. The summed E-state index contributed by atoms with van der Waals surface area (Å²) in [4.78, 5) is 8.90. The molecule has 0 unspecified atom stereocenters. The monoisotopic (exact) mass is 392 g/mol. The first-order chi connectivity index (χ1) is 8.61. The smallest absolute Gasteiger partial charge is 0.161 e. The molecule has 2 nitrogen and oxygen atoms in total. The molecule has 0 saturated carbocycles. The van der Waals surface area contributed by atoms with Crippen molar-refractivity contribution < 1.29 is 0 Å². The molecular formula is C13H11Cl2IN2. The first-order valence-corrected chi connectivity index (χ1v) is 7.43. The van der Waals surface area contributed by atoms with E-state index in [2.05, 4.69) is 39.5 Å². The SMILES string of the molecule is CCCc1nc(-c2ccc(Cl)cc2)nc(Cl)c1I. The van der Waals surface area contributed by atoms with Gasteiger partial charge in [-0.2, -0.15) is 0 Å². The molecule has 2 rings (SSSR count). The molecule has 0 aliphatic rings. The molecule has 1 aromatic carbocycles. The summed E-state index contributed by atoms with van der Waals surface area (Å²) in [6, 6.07) is 7.45. The van der Waals surface area contributed by atoms with E-state index >= 15 is 0 Å². The third kappa shape index (κ3) is 3.13. The van der Waals surface area contributed by atoms with Gasteiger partial charge in [-0.1, -0.05) is 36.5 Å². The largest absolute Gasteiger partial charge is 0.232 e. The van der Waals surface area contributed by atoms with Crippen LogP contribution in [0.1, 0.15) is 19.0 Å². The van der Waals surface area contributed by atoms with Gasteiger partial charge in [0.05, 0.1) is 9.26 Å². The lowest BCUT2D eigenvalue weighted by atomic mass is 10.2. The molecular weight excluding hydrogens is 382 g/mol. The van der Waals surface area contributed by atoms with Crippen LogP contribution in [0.5, 0.6) is 0 Å². The van der Waals surface area contributed by atoms with E-state index < -0.39 is 0 Å². The molecule has 2 aromatic rings. The highest BCUT2D eigenvalue weighted by Crippen LogP contribution is 2.25. The van der Waals surface area contributed by atoms with Crippen LogP contribution in [-0.2, 0) is 6.42 Å². The van der Waals surface area contributed by atoms with Crippen LogP contribution in [0.25, 0.3) is 11.4 Å². The zero-order valence-corrected chi connectivity index (χ0v) is 13.4. The fourth-order valence-electron chi connectivity index (χ4n) is 1.59. The standard InChI is InChI=1S/C13H11Cl2IN2/c1-2-3-10-11(16)12(15)18-13(17-10)8-4-6-9(14)7-5-8/h4-7H,2-3H2,1H3. The van der Waals surface area contributed by atoms with Crippen LogP contribution >= 0.6 is 45.8 Å². The van der Waals surface area contributed by atoms with Gasteiger partial charge in [0.1, 0.15) is 5.15 Å². The number of aryl methyl sites for hydroxylation is 1. The van der Waals surface area contributed by atoms with Crippen molar-refractivity contribution in [3.8, 4) is 11.4 Å². The second kappa shape index (κ2) is 6.17. The van der Waals surface area contributed by atoms with E-state index in [-0.39, 0.29) is 0 Å². The molecule has 1 heterocycles. The number of hydrogen-bond donors (Lipinski definition) is 0. The van der Waals surface area contributed by atoms with E-state index in [1.54, 1.807) is 0 Å². The predicted molar refractivity (Wildman–Crippen MR) is 84.2 cm³/mol. The summed E-state index contributed by atoms with van der Waals surface area (Å²) < 4.78 is 0.939. The Morgan fingerprint density at radius 2 is 1.78 bits per heavy atom. The molecule has 1 aromatic heterocycles. The molecule has 0 fully saturated rings. The van der Waals surface area contributed by atoms with Gasteiger partial charge in [0.25, 0.3) is 0 Å². The molecule has 0 saturated heterocycles. The molecule has 18 heavy (non-hydrogen) atoms. The Bertz CT molecular complexity index is 556.